The summed E-state index contributed by atoms with van der Waals surface area (Å²) < 4.78 is 0. The molecule has 0 saturated carbocycles. The van der Waals surface area contributed by atoms with E-state index in [0.717, 1.165) is 0 Å². The van der Waals surface area contributed by atoms with Gasteiger partial charge in [0.25, 0.3) is 0 Å². The van der Waals surface area contributed by atoms with Crippen molar-refractivity contribution in [2.24, 2.45) is 5.73 Å². The molecule has 0 fully saturated rings. The van der Waals surface area contributed by atoms with Crippen LogP contribution in [-0.4, -0.2) is 0 Å². The fraction of sp³-hybridized carbons (Fsp3) is 0. The van der Waals surface area contributed by atoms with Crippen LogP contribution in [0.25, 0.3) is 0 Å². The van der Waals surface area contributed by atoms with Gasteiger partial charge in [-0.15, -0.1) is 0 Å². The Morgan fingerprint density at radius 1 is 1.14 bits per heavy atom. The minimum atomic E-state index is 1.47. The molecule has 0 unspecified atom stereocenters. The topological polar surface area (TPSA) is 26.0 Å². The van der Waals surface area contributed by atoms with Crippen LogP contribution in [0.4, 0.5) is 0 Å². The molecule has 0 radical (unpaired) electrons. The van der Waals surface area contributed by atoms with Gasteiger partial charge in [0.05, 0.1) is 0 Å². The van der Waals surface area contributed by atoms with Crippen LogP contribution in [-0.2, 0) is 0 Å². The van der Waals surface area contributed by atoms with Gasteiger partial charge in [0, 0.05) is 0 Å². The second-order valence-corrected chi connectivity index (χ2v) is 1.01. The molecule has 0 amide bonds. The van der Waals surface area contributed by atoms with Crippen molar-refractivity contribution in [2.75, 3.05) is 0 Å². The average molecular weight is 95.1 g/mol. The molecular weight excluding hydrogens is 86.1 g/mol. The summed E-state index contributed by atoms with van der Waals surface area (Å²) in [5.74, 6) is 0. The molecule has 1 heteroatoms. The third-order valence-corrected chi connectivity index (χ3v) is 0.469. The highest BCUT2D eigenvalue weighted by atomic mass is 14.5. The van der Waals surface area contributed by atoms with Crippen molar-refractivity contribution in [3.05, 3.63) is 37.1 Å². The zero-order chi connectivity index (χ0) is 5.54. The van der Waals surface area contributed by atoms with Crippen LogP contribution in [0.3, 0.4) is 0 Å². The number of hydrogen-bond donors (Lipinski definition) is 1. The Hall–Kier alpha value is -0.980. The maximum Gasteiger partial charge on any atom is -0.00624 e. The zero-order valence-corrected chi connectivity index (χ0v) is 4.17. The third-order valence-electron chi connectivity index (χ3n) is 0.469. The molecule has 1 nitrogen and oxygen atoms in total. The van der Waals surface area contributed by atoms with Crippen LogP contribution in [0.1, 0.15) is 0 Å². The molecule has 0 aromatic heterocycles. The SMILES string of the molecule is C=CC=C/C=C/N. The van der Waals surface area contributed by atoms with E-state index in [4.69, 9.17) is 5.73 Å². The normalized spacial score (nSPS) is 10.9. The van der Waals surface area contributed by atoms with Gasteiger partial charge in [0.1, 0.15) is 0 Å². The molecule has 0 spiro atoms. The Balaban J connectivity index is 3.27. The summed E-state index contributed by atoms with van der Waals surface area (Å²) in [6, 6.07) is 0. The lowest BCUT2D eigenvalue weighted by atomic mass is 10.5. The van der Waals surface area contributed by atoms with Crippen LogP contribution in [0.2, 0.25) is 0 Å². The van der Waals surface area contributed by atoms with Gasteiger partial charge in [0.2, 0.25) is 0 Å². The van der Waals surface area contributed by atoms with E-state index in [0.29, 0.717) is 0 Å². The molecule has 7 heavy (non-hydrogen) atoms. The highest BCUT2D eigenvalue weighted by Crippen LogP contribution is 1.71. The van der Waals surface area contributed by atoms with Crippen molar-refractivity contribution < 1.29 is 0 Å². The Morgan fingerprint density at radius 2 is 1.86 bits per heavy atom. The van der Waals surface area contributed by atoms with Crippen molar-refractivity contribution >= 4 is 0 Å². The second kappa shape index (κ2) is 5.02. The van der Waals surface area contributed by atoms with Gasteiger partial charge in [-0.3, -0.25) is 0 Å². The Morgan fingerprint density at radius 3 is 2.29 bits per heavy atom. The van der Waals surface area contributed by atoms with Gasteiger partial charge < -0.3 is 5.73 Å². The largest absolute Gasteiger partial charge is 0.405 e. The number of allylic oxidation sites excluding steroid dienone is 4. The molecule has 0 bridgehead atoms. The molecule has 0 rings (SSSR count). The number of rotatable bonds is 2. The summed E-state index contributed by atoms with van der Waals surface area (Å²) in [5.41, 5.74) is 5.00. The number of nitrogens with two attached hydrogens (primary N) is 1. The van der Waals surface area contributed by atoms with Crippen molar-refractivity contribution in [2.45, 2.75) is 0 Å². The van der Waals surface area contributed by atoms with Gasteiger partial charge >= 0.3 is 0 Å². The quantitative estimate of drug-likeness (QED) is 0.512. The Kier molecular flexibility index (Phi) is 4.32. The predicted octanol–water partition coefficient (Wildman–Crippen LogP) is 1.20. The lowest BCUT2D eigenvalue weighted by molar-refractivity contribution is 1.60. The van der Waals surface area contributed by atoms with Gasteiger partial charge in [-0.1, -0.05) is 24.8 Å². The predicted molar refractivity (Wildman–Crippen MR) is 32.7 cm³/mol. The second-order valence-electron chi connectivity index (χ2n) is 1.01. The Bertz CT molecular complexity index is 90.4. The van der Waals surface area contributed by atoms with E-state index in [1.807, 2.05) is 12.2 Å². The van der Waals surface area contributed by atoms with Crippen molar-refractivity contribution in [1.82, 2.24) is 0 Å². The van der Waals surface area contributed by atoms with Gasteiger partial charge in [-0.05, 0) is 12.3 Å². The smallest absolute Gasteiger partial charge is 0.00624 e. The Labute approximate surface area is 43.8 Å². The molecule has 0 atom stereocenters. The maximum absolute atomic E-state index is 5.00. The first-order chi connectivity index (χ1) is 3.41. The van der Waals surface area contributed by atoms with E-state index in [1.54, 1.807) is 12.2 Å². The summed E-state index contributed by atoms with van der Waals surface area (Å²) in [5, 5.41) is 0. The minimum absolute atomic E-state index is 1.47. The van der Waals surface area contributed by atoms with Crippen LogP contribution in [0.15, 0.2) is 37.1 Å². The summed E-state index contributed by atoms with van der Waals surface area (Å²) in [7, 11) is 0. The van der Waals surface area contributed by atoms with Gasteiger partial charge in [-0.25, -0.2) is 0 Å². The van der Waals surface area contributed by atoms with E-state index in [2.05, 4.69) is 6.58 Å². The maximum atomic E-state index is 5.00. The highest BCUT2D eigenvalue weighted by Gasteiger charge is 1.52. The molecule has 0 heterocycles. The molecule has 38 valence electrons. The fourth-order valence-corrected chi connectivity index (χ4v) is 0.207. The van der Waals surface area contributed by atoms with E-state index < -0.39 is 0 Å². The van der Waals surface area contributed by atoms with Gasteiger partial charge in [-0.2, -0.15) is 0 Å². The van der Waals surface area contributed by atoms with E-state index in [1.165, 1.54) is 6.20 Å². The fourth-order valence-electron chi connectivity index (χ4n) is 0.207. The zero-order valence-electron chi connectivity index (χ0n) is 4.17. The molecular formula is C6H9N. The monoisotopic (exact) mass is 95.1 g/mol. The lowest BCUT2D eigenvalue weighted by Gasteiger charge is -1.66. The highest BCUT2D eigenvalue weighted by molar-refractivity contribution is 5.07. The van der Waals surface area contributed by atoms with E-state index in [-0.39, 0.29) is 0 Å². The summed E-state index contributed by atoms with van der Waals surface area (Å²) in [4.78, 5) is 0. The van der Waals surface area contributed by atoms with Crippen LogP contribution in [0, 0.1) is 0 Å². The molecule has 0 aromatic carbocycles. The standard InChI is InChI=1S/C6H9N/c1-2-3-4-5-6-7/h2-6H,1,7H2/b4-3?,6-5+. The van der Waals surface area contributed by atoms with E-state index in [9.17, 15) is 0 Å². The third kappa shape index (κ3) is 5.02. The van der Waals surface area contributed by atoms with Crippen molar-refractivity contribution in [3.63, 3.8) is 0 Å². The van der Waals surface area contributed by atoms with Crippen molar-refractivity contribution in [1.29, 1.82) is 0 Å². The summed E-state index contributed by atoms with van der Waals surface area (Å²) in [6.45, 7) is 3.47. The number of hydrogen-bond acceptors (Lipinski definition) is 1. The first-order valence-corrected chi connectivity index (χ1v) is 2.07. The molecule has 0 aliphatic heterocycles. The first kappa shape index (κ1) is 6.02. The van der Waals surface area contributed by atoms with Crippen LogP contribution < -0.4 is 5.73 Å². The molecule has 0 aliphatic carbocycles. The van der Waals surface area contributed by atoms with Gasteiger partial charge in [0.15, 0.2) is 0 Å². The van der Waals surface area contributed by atoms with Crippen molar-refractivity contribution in [3.8, 4) is 0 Å². The van der Waals surface area contributed by atoms with Crippen LogP contribution >= 0.6 is 0 Å². The molecule has 2 N–H and O–H groups in total. The molecule has 0 saturated heterocycles. The molecule has 0 aromatic rings. The minimum Gasteiger partial charge on any atom is -0.405 e. The average Bonchev–Trinajstić information content (AvgIpc) is 1.69. The van der Waals surface area contributed by atoms with E-state index >= 15 is 0 Å². The summed E-state index contributed by atoms with van der Waals surface area (Å²) in [6.07, 6.45) is 8.53. The lowest BCUT2D eigenvalue weighted by Crippen LogP contribution is -1.71. The molecule has 0 aliphatic rings. The first-order valence-electron chi connectivity index (χ1n) is 2.07. The van der Waals surface area contributed by atoms with Crippen LogP contribution in [0.5, 0.6) is 0 Å². The summed E-state index contributed by atoms with van der Waals surface area (Å²) >= 11 is 0.